The van der Waals surface area contributed by atoms with E-state index in [1.54, 1.807) is 0 Å². The van der Waals surface area contributed by atoms with E-state index in [1.807, 2.05) is 24.3 Å². The average molecular weight is 773 g/mol. The van der Waals surface area contributed by atoms with Crippen LogP contribution in [0.4, 0.5) is 17.1 Å². The highest BCUT2D eigenvalue weighted by atomic mass is 16.3. The van der Waals surface area contributed by atoms with Crippen LogP contribution in [0.1, 0.15) is 42.5 Å². The van der Waals surface area contributed by atoms with Crippen LogP contribution in [0, 0.1) is 0 Å². The van der Waals surface area contributed by atoms with Crippen molar-refractivity contribution >= 4 is 40.3 Å². The quantitative estimate of drug-likeness (QED) is 0.151. The lowest BCUT2D eigenvalue weighted by Gasteiger charge is -2.30. The SMILES string of the molecule is CC1(C)c2ccccc2-c2c(-c3cccc4c3CB(c3ccccc3)CCC4)cc(N(c3ccc(-c4ccccc4)cc3)c3cccc(-c4nc5ccccc5o4)c3)cc21. The fourth-order valence-corrected chi connectivity index (χ4v) is 10.1. The lowest BCUT2D eigenvalue weighted by molar-refractivity contribution is 0.620. The first-order chi connectivity index (χ1) is 29.5. The topological polar surface area (TPSA) is 29.3 Å². The minimum Gasteiger partial charge on any atom is -0.436 e. The van der Waals surface area contributed by atoms with Gasteiger partial charge in [0, 0.05) is 28.0 Å². The molecule has 0 amide bonds. The molecule has 3 nitrogen and oxygen atoms in total. The molecule has 0 radical (unpaired) electrons. The Balaban J connectivity index is 1.14. The summed E-state index contributed by atoms with van der Waals surface area (Å²) in [5.74, 6) is 0.614. The second kappa shape index (κ2) is 14.7. The average Bonchev–Trinajstić information content (AvgIpc) is 3.74. The summed E-state index contributed by atoms with van der Waals surface area (Å²) in [6.45, 7) is 5.27. The van der Waals surface area contributed by atoms with Gasteiger partial charge in [-0.3, -0.25) is 0 Å². The number of anilines is 3. The Morgan fingerprint density at radius 1 is 0.550 bits per heavy atom. The van der Waals surface area contributed by atoms with E-state index in [9.17, 15) is 0 Å². The number of hydrogen-bond acceptors (Lipinski definition) is 3. The van der Waals surface area contributed by atoms with Crippen molar-refractivity contribution in [2.75, 3.05) is 4.90 Å². The zero-order valence-corrected chi connectivity index (χ0v) is 34.1. The van der Waals surface area contributed by atoms with Crippen LogP contribution in [0.2, 0.25) is 6.32 Å². The highest BCUT2D eigenvalue weighted by Crippen LogP contribution is 2.55. The van der Waals surface area contributed by atoms with Gasteiger partial charge < -0.3 is 9.32 Å². The molecule has 60 heavy (non-hydrogen) atoms. The van der Waals surface area contributed by atoms with E-state index >= 15 is 0 Å². The van der Waals surface area contributed by atoms with Crippen LogP contribution >= 0.6 is 0 Å². The van der Waals surface area contributed by atoms with Gasteiger partial charge in [-0.15, -0.1) is 0 Å². The second-order valence-corrected chi connectivity index (χ2v) is 17.0. The van der Waals surface area contributed by atoms with E-state index in [0.29, 0.717) is 12.6 Å². The first-order valence-electron chi connectivity index (χ1n) is 21.4. The Morgan fingerprint density at radius 3 is 2.08 bits per heavy atom. The van der Waals surface area contributed by atoms with Crippen molar-refractivity contribution in [2.24, 2.45) is 0 Å². The summed E-state index contributed by atoms with van der Waals surface area (Å²) in [5, 5.41) is 0. The zero-order valence-electron chi connectivity index (χ0n) is 34.1. The van der Waals surface area contributed by atoms with Crippen LogP contribution < -0.4 is 10.4 Å². The number of aromatic nitrogens is 1. The monoisotopic (exact) mass is 772 g/mol. The van der Waals surface area contributed by atoms with Crippen LogP contribution in [-0.2, 0) is 18.2 Å². The molecule has 11 rings (SSSR count). The number of oxazole rings is 1. The lowest BCUT2D eigenvalue weighted by atomic mass is 9.40. The van der Waals surface area contributed by atoms with Gasteiger partial charge in [-0.2, -0.15) is 0 Å². The van der Waals surface area contributed by atoms with Crippen LogP contribution in [0.3, 0.4) is 0 Å². The number of hydrogen-bond donors (Lipinski definition) is 0. The van der Waals surface area contributed by atoms with Gasteiger partial charge in [0.25, 0.3) is 0 Å². The van der Waals surface area contributed by atoms with Gasteiger partial charge in [0.05, 0.1) is 0 Å². The molecule has 4 heteroatoms. The number of rotatable bonds is 7. The van der Waals surface area contributed by atoms with Crippen molar-refractivity contribution in [3.8, 4) is 44.8 Å². The smallest absolute Gasteiger partial charge is 0.227 e. The first-order valence-corrected chi connectivity index (χ1v) is 21.4. The minimum absolute atomic E-state index is 0.210. The molecular weight excluding hydrogens is 727 g/mol. The Bertz CT molecular complexity index is 2990. The summed E-state index contributed by atoms with van der Waals surface area (Å²) < 4.78 is 6.34. The van der Waals surface area contributed by atoms with E-state index in [2.05, 4.69) is 183 Å². The normalized spacial score (nSPS) is 14.0. The van der Waals surface area contributed by atoms with Gasteiger partial charge >= 0.3 is 0 Å². The van der Waals surface area contributed by atoms with Crippen molar-refractivity contribution < 1.29 is 4.42 Å². The summed E-state index contributed by atoms with van der Waals surface area (Å²) in [6, 6.07) is 68.6. The molecule has 1 aliphatic carbocycles. The molecule has 0 spiro atoms. The van der Waals surface area contributed by atoms with Crippen molar-refractivity contribution in [2.45, 2.75) is 44.7 Å². The third kappa shape index (κ3) is 6.26. The first kappa shape index (κ1) is 36.2. The minimum atomic E-state index is -0.210. The fraction of sp³-hybridized carbons (Fsp3) is 0.125. The van der Waals surface area contributed by atoms with Gasteiger partial charge in [0.2, 0.25) is 5.89 Å². The summed E-state index contributed by atoms with van der Waals surface area (Å²) >= 11 is 0. The maximum Gasteiger partial charge on any atom is 0.227 e. The van der Waals surface area contributed by atoms with E-state index in [0.717, 1.165) is 46.5 Å². The van der Waals surface area contributed by atoms with E-state index in [4.69, 9.17) is 9.40 Å². The van der Waals surface area contributed by atoms with Crippen molar-refractivity contribution in [1.29, 1.82) is 0 Å². The molecule has 0 N–H and O–H groups in total. The molecule has 288 valence electrons. The molecule has 1 aliphatic heterocycles. The third-order valence-electron chi connectivity index (χ3n) is 13.1. The molecular formula is C56H45BN2O. The number of fused-ring (bicyclic) bond motifs is 5. The standard InChI is InChI=1S/C56H45BN2O/c1-56(2)50-26-10-9-24-47(50)54-48(46-25-14-18-40-20-15-33-57(37-49(40)46)42-21-7-4-8-22-42)35-45(36-51(54)56)59(43-31-29-39(30-32-43)38-16-5-3-6-17-38)44-23-13-19-41(34-44)55-58-52-27-11-12-28-53(52)60-55/h3-14,16-19,21-32,34-36H,15,20,33,37H2,1-2H3. The second-order valence-electron chi connectivity index (χ2n) is 17.0. The summed E-state index contributed by atoms with van der Waals surface area (Å²) in [4.78, 5) is 7.34. The Kier molecular flexibility index (Phi) is 8.88. The lowest BCUT2D eigenvalue weighted by Crippen LogP contribution is -2.32. The molecule has 0 saturated heterocycles. The van der Waals surface area contributed by atoms with Crippen molar-refractivity contribution in [3.63, 3.8) is 0 Å². The van der Waals surface area contributed by atoms with Gasteiger partial charge in [0.1, 0.15) is 5.52 Å². The molecule has 0 bridgehead atoms. The highest BCUT2D eigenvalue weighted by Gasteiger charge is 2.38. The predicted molar refractivity (Wildman–Crippen MR) is 251 cm³/mol. The van der Waals surface area contributed by atoms with E-state index in [1.165, 1.54) is 73.8 Å². The predicted octanol–water partition coefficient (Wildman–Crippen LogP) is 14.0. The summed E-state index contributed by atoms with van der Waals surface area (Å²) in [7, 11) is 0. The third-order valence-corrected chi connectivity index (χ3v) is 13.1. The number of para-hydroxylation sites is 2. The largest absolute Gasteiger partial charge is 0.436 e. The summed E-state index contributed by atoms with van der Waals surface area (Å²) in [5.41, 5.74) is 20.5. The number of aryl methyl sites for hydroxylation is 1. The molecule has 0 atom stereocenters. The Labute approximate surface area is 353 Å². The molecule has 1 aromatic heterocycles. The molecule has 2 heterocycles. The molecule has 0 fully saturated rings. The maximum absolute atomic E-state index is 6.34. The van der Waals surface area contributed by atoms with Crippen molar-refractivity contribution in [3.05, 3.63) is 210 Å². The molecule has 0 saturated carbocycles. The van der Waals surface area contributed by atoms with Crippen LogP contribution in [-0.4, -0.2) is 11.7 Å². The zero-order chi connectivity index (χ0) is 40.2. The maximum atomic E-state index is 6.34. The van der Waals surface area contributed by atoms with Gasteiger partial charge in [0.15, 0.2) is 12.3 Å². The Hall–Kier alpha value is -6.91. The number of nitrogens with zero attached hydrogens (tertiary/aromatic N) is 2. The van der Waals surface area contributed by atoms with Crippen molar-refractivity contribution in [1.82, 2.24) is 4.98 Å². The molecule has 2 aliphatic rings. The van der Waals surface area contributed by atoms with Crippen LogP contribution in [0.25, 0.3) is 55.9 Å². The van der Waals surface area contributed by atoms with Crippen LogP contribution in [0.5, 0.6) is 0 Å². The highest BCUT2D eigenvalue weighted by molar-refractivity contribution is 6.72. The van der Waals surface area contributed by atoms with E-state index in [-0.39, 0.29) is 5.41 Å². The molecule has 8 aromatic carbocycles. The Morgan fingerprint density at radius 2 is 1.25 bits per heavy atom. The van der Waals surface area contributed by atoms with E-state index < -0.39 is 0 Å². The fourth-order valence-electron chi connectivity index (χ4n) is 10.1. The van der Waals surface area contributed by atoms with Gasteiger partial charge in [-0.25, -0.2) is 4.98 Å². The van der Waals surface area contributed by atoms with Crippen LogP contribution in [0.15, 0.2) is 192 Å². The molecule has 9 aromatic rings. The summed E-state index contributed by atoms with van der Waals surface area (Å²) in [6.07, 6.45) is 4.50. The molecule has 0 unspecified atom stereocenters. The van der Waals surface area contributed by atoms with Gasteiger partial charge in [-0.05, 0) is 123 Å². The van der Waals surface area contributed by atoms with Gasteiger partial charge in [-0.1, -0.05) is 166 Å². The number of benzene rings is 8.